The molecule has 1 aromatic heterocycles. The normalized spacial score (nSPS) is 21.5. The lowest BCUT2D eigenvalue weighted by Crippen LogP contribution is -2.49. The zero-order valence-corrected chi connectivity index (χ0v) is 14.8. The molecule has 7 nitrogen and oxygen atoms in total. The zero-order valence-electron chi connectivity index (χ0n) is 14.8. The van der Waals surface area contributed by atoms with Gasteiger partial charge in [-0.25, -0.2) is 0 Å². The van der Waals surface area contributed by atoms with Crippen LogP contribution in [-0.4, -0.2) is 42.3 Å². The van der Waals surface area contributed by atoms with Gasteiger partial charge in [-0.05, 0) is 36.2 Å². The Bertz CT molecular complexity index is 845. The molecule has 4 rings (SSSR count). The molecule has 140 valence electrons. The summed E-state index contributed by atoms with van der Waals surface area (Å²) in [5.74, 6) is 0.755. The Morgan fingerprint density at radius 3 is 2.74 bits per heavy atom. The first-order valence-corrected chi connectivity index (χ1v) is 9.08. The van der Waals surface area contributed by atoms with Gasteiger partial charge in [-0.3, -0.25) is 14.4 Å². The van der Waals surface area contributed by atoms with Crippen molar-refractivity contribution >= 4 is 17.7 Å². The molecule has 7 heteroatoms. The first-order valence-electron chi connectivity index (χ1n) is 9.08. The quantitative estimate of drug-likeness (QED) is 0.833. The van der Waals surface area contributed by atoms with Gasteiger partial charge in [0, 0.05) is 37.0 Å². The van der Waals surface area contributed by atoms with Gasteiger partial charge in [-0.15, -0.1) is 0 Å². The predicted molar refractivity (Wildman–Crippen MR) is 96.8 cm³/mol. The van der Waals surface area contributed by atoms with Gasteiger partial charge in [0.15, 0.2) is 0 Å². The van der Waals surface area contributed by atoms with Crippen LogP contribution in [0.15, 0.2) is 47.1 Å². The molecule has 3 amide bonds. The summed E-state index contributed by atoms with van der Waals surface area (Å²) < 4.78 is 5.35. The summed E-state index contributed by atoms with van der Waals surface area (Å²) in [4.78, 5) is 37.6. The second kappa shape index (κ2) is 7.26. The van der Waals surface area contributed by atoms with E-state index in [1.54, 1.807) is 18.4 Å². The summed E-state index contributed by atoms with van der Waals surface area (Å²) >= 11 is 0. The minimum absolute atomic E-state index is 0.0240. The number of nitrogens with zero attached hydrogens (tertiary/aromatic N) is 1. The smallest absolute Gasteiger partial charge is 0.254 e. The first kappa shape index (κ1) is 17.3. The first-order chi connectivity index (χ1) is 13.1. The van der Waals surface area contributed by atoms with E-state index in [2.05, 4.69) is 10.6 Å². The van der Waals surface area contributed by atoms with Crippen LogP contribution in [-0.2, 0) is 16.1 Å². The molecule has 1 saturated carbocycles. The molecule has 1 aliphatic carbocycles. The van der Waals surface area contributed by atoms with E-state index in [0.29, 0.717) is 25.2 Å². The van der Waals surface area contributed by atoms with Crippen LogP contribution in [0, 0.1) is 5.92 Å². The molecule has 2 N–H and O–H groups in total. The molecule has 0 bridgehead atoms. The van der Waals surface area contributed by atoms with E-state index in [0.717, 1.165) is 17.7 Å². The Morgan fingerprint density at radius 1 is 1.22 bits per heavy atom. The summed E-state index contributed by atoms with van der Waals surface area (Å²) in [6.07, 6.45) is 2.44. The Hall–Kier alpha value is -3.09. The van der Waals surface area contributed by atoms with Crippen molar-refractivity contribution in [1.82, 2.24) is 15.5 Å². The van der Waals surface area contributed by atoms with Gasteiger partial charge in [0.2, 0.25) is 11.8 Å². The lowest BCUT2D eigenvalue weighted by Gasteiger charge is -2.26. The number of furan rings is 1. The summed E-state index contributed by atoms with van der Waals surface area (Å²) in [5, 5.41) is 5.64. The topological polar surface area (TPSA) is 91.7 Å². The maximum Gasteiger partial charge on any atom is 0.254 e. The average molecular weight is 367 g/mol. The van der Waals surface area contributed by atoms with Crippen LogP contribution in [0.4, 0.5) is 0 Å². The number of hydrogen-bond donors (Lipinski definition) is 2. The fourth-order valence-corrected chi connectivity index (χ4v) is 3.38. The number of amides is 3. The lowest BCUT2D eigenvalue weighted by molar-refractivity contribution is -0.123. The largest absolute Gasteiger partial charge is 0.469 e. The summed E-state index contributed by atoms with van der Waals surface area (Å²) in [7, 11) is 0. The van der Waals surface area contributed by atoms with Crippen molar-refractivity contribution in [3.05, 3.63) is 59.5 Å². The fourth-order valence-electron chi connectivity index (χ4n) is 3.38. The van der Waals surface area contributed by atoms with E-state index in [9.17, 15) is 14.4 Å². The molecule has 0 unspecified atom stereocenters. The summed E-state index contributed by atoms with van der Waals surface area (Å²) in [6, 6.07) is 10.9. The minimum Gasteiger partial charge on any atom is -0.469 e. The molecule has 0 radical (unpaired) electrons. The number of nitrogens with one attached hydrogen (secondary N) is 2. The van der Waals surface area contributed by atoms with Gasteiger partial charge in [-0.2, -0.15) is 0 Å². The van der Waals surface area contributed by atoms with Crippen LogP contribution in [0.2, 0.25) is 0 Å². The van der Waals surface area contributed by atoms with Crippen LogP contribution in [0.5, 0.6) is 0 Å². The SMILES string of the molecule is O=C1CN(C(=O)c2ccc(CNC(=O)[C@@H]3C[C@H]3c3ccco3)cc2)CCN1. The second-order valence-corrected chi connectivity index (χ2v) is 6.96. The van der Waals surface area contributed by atoms with Crippen LogP contribution < -0.4 is 10.6 Å². The Labute approximate surface area is 156 Å². The van der Waals surface area contributed by atoms with Crippen molar-refractivity contribution in [1.29, 1.82) is 0 Å². The molecule has 27 heavy (non-hydrogen) atoms. The molecule has 1 saturated heterocycles. The maximum absolute atomic E-state index is 12.4. The number of carbonyl (C=O) groups excluding carboxylic acids is 3. The molecule has 1 aromatic carbocycles. The Morgan fingerprint density at radius 2 is 2.04 bits per heavy atom. The highest BCUT2D eigenvalue weighted by Crippen LogP contribution is 2.47. The van der Waals surface area contributed by atoms with Gasteiger partial charge in [0.05, 0.1) is 12.8 Å². The van der Waals surface area contributed by atoms with E-state index < -0.39 is 0 Å². The average Bonchev–Trinajstić information content (AvgIpc) is 3.31. The molecule has 2 heterocycles. The molecule has 0 spiro atoms. The number of carbonyl (C=O) groups is 3. The van der Waals surface area contributed by atoms with Crippen LogP contribution in [0.3, 0.4) is 0 Å². The third-order valence-electron chi connectivity index (χ3n) is 5.03. The van der Waals surface area contributed by atoms with Crippen LogP contribution in [0.25, 0.3) is 0 Å². The summed E-state index contributed by atoms with van der Waals surface area (Å²) in [5.41, 5.74) is 1.46. The van der Waals surface area contributed by atoms with Crippen molar-refractivity contribution in [2.45, 2.75) is 18.9 Å². The fraction of sp³-hybridized carbons (Fsp3) is 0.350. The van der Waals surface area contributed by atoms with E-state index in [1.165, 1.54) is 4.90 Å². The molecule has 2 fully saturated rings. The van der Waals surface area contributed by atoms with Crippen molar-refractivity contribution in [3.8, 4) is 0 Å². The third kappa shape index (κ3) is 3.86. The summed E-state index contributed by atoms with van der Waals surface area (Å²) in [6.45, 7) is 1.51. The number of benzene rings is 1. The van der Waals surface area contributed by atoms with Gasteiger partial charge in [-0.1, -0.05) is 12.1 Å². The Balaban J connectivity index is 1.29. The van der Waals surface area contributed by atoms with Crippen LogP contribution >= 0.6 is 0 Å². The van der Waals surface area contributed by atoms with Gasteiger partial charge >= 0.3 is 0 Å². The number of piperazine rings is 1. The van der Waals surface area contributed by atoms with E-state index in [4.69, 9.17) is 4.42 Å². The zero-order chi connectivity index (χ0) is 18.8. The molecule has 2 aliphatic rings. The van der Waals surface area contributed by atoms with Crippen molar-refractivity contribution in [2.75, 3.05) is 19.6 Å². The van der Waals surface area contributed by atoms with Crippen molar-refractivity contribution < 1.29 is 18.8 Å². The molecule has 2 atom stereocenters. The molecule has 2 aromatic rings. The second-order valence-electron chi connectivity index (χ2n) is 6.96. The molecule has 1 aliphatic heterocycles. The van der Waals surface area contributed by atoms with E-state index in [1.807, 2.05) is 24.3 Å². The minimum atomic E-state index is -0.153. The monoisotopic (exact) mass is 367 g/mol. The van der Waals surface area contributed by atoms with E-state index >= 15 is 0 Å². The van der Waals surface area contributed by atoms with Crippen LogP contribution in [0.1, 0.15) is 34.0 Å². The van der Waals surface area contributed by atoms with Gasteiger partial charge in [0.1, 0.15) is 5.76 Å². The highest BCUT2D eigenvalue weighted by atomic mass is 16.3. The molecular formula is C20H21N3O4. The molecular weight excluding hydrogens is 346 g/mol. The van der Waals surface area contributed by atoms with E-state index in [-0.39, 0.29) is 36.1 Å². The third-order valence-corrected chi connectivity index (χ3v) is 5.03. The number of hydrogen-bond acceptors (Lipinski definition) is 4. The highest BCUT2D eigenvalue weighted by Gasteiger charge is 2.45. The maximum atomic E-state index is 12.4. The highest BCUT2D eigenvalue weighted by molar-refractivity contribution is 5.97. The lowest BCUT2D eigenvalue weighted by atomic mass is 10.1. The van der Waals surface area contributed by atoms with Gasteiger partial charge in [0.25, 0.3) is 5.91 Å². The standard InChI is InChI=1S/C20H21N3O4/c24-18-12-23(8-7-21-18)20(26)14-5-3-13(4-6-14)11-22-19(25)16-10-15(16)17-2-1-9-27-17/h1-6,9,15-16H,7-8,10-12H2,(H,21,24)(H,22,25)/t15-,16-/m1/s1. The van der Waals surface area contributed by atoms with Gasteiger partial charge < -0.3 is 20.0 Å². The van der Waals surface area contributed by atoms with Crippen molar-refractivity contribution in [2.24, 2.45) is 5.92 Å². The number of rotatable bonds is 5. The Kier molecular flexibility index (Phi) is 4.66. The predicted octanol–water partition coefficient (Wildman–Crippen LogP) is 1.27. The van der Waals surface area contributed by atoms with Crippen molar-refractivity contribution in [3.63, 3.8) is 0 Å².